The monoisotopic (exact) mass is 274 g/mol. The first kappa shape index (κ1) is 16.3. The van der Waals surface area contributed by atoms with Gasteiger partial charge in [-0.05, 0) is 18.6 Å². The molecule has 2 nitrogen and oxygen atoms in total. The van der Waals surface area contributed by atoms with Crippen molar-refractivity contribution >= 4 is 12.6 Å². The van der Waals surface area contributed by atoms with Gasteiger partial charge in [-0.3, -0.25) is 0 Å². The lowest BCUT2D eigenvalue weighted by atomic mass is 10.1. The first-order chi connectivity index (χ1) is 8.93. The molecule has 0 aromatic rings. The van der Waals surface area contributed by atoms with E-state index in [4.69, 9.17) is 9.47 Å². The SMILES string of the molecule is SCCCCCCCCCCCCOCC1CO1. The predicted molar refractivity (Wildman–Crippen MR) is 80.6 cm³/mol. The van der Waals surface area contributed by atoms with E-state index in [1.807, 2.05) is 0 Å². The van der Waals surface area contributed by atoms with Crippen molar-refractivity contribution in [1.82, 2.24) is 0 Å². The Hall–Kier alpha value is 0.270. The van der Waals surface area contributed by atoms with Gasteiger partial charge in [-0.15, -0.1) is 0 Å². The largest absolute Gasteiger partial charge is 0.379 e. The van der Waals surface area contributed by atoms with Crippen LogP contribution in [0.5, 0.6) is 0 Å². The van der Waals surface area contributed by atoms with Crippen LogP contribution in [0.25, 0.3) is 0 Å². The van der Waals surface area contributed by atoms with E-state index in [1.165, 1.54) is 64.2 Å². The van der Waals surface area contributed by atoms with Gasteiger partial charge in [-0.2, -0.15) is 12.6 Å². The number of hydrogen-bond donors (Lipinski definition) is 1. The highest BCUT2D eigenvalue weighted by Gasteiger charge is 2.21. The molecule has 1 aliphatic rings. The third-order valence-corrected chi connectivity index (χ3v) is 3.72. The third-order valence-electron chi connectivity index (χ3n) is 3.40. The van der Waals surface area contributed by atoms with Crippen LogP contribution in [0.15, 0.2) is 0 Å². The van der Waals surface area contributed by atoms with Crippen LogP contribution in [-0.2, 0) is 9.47 Å². The second-order valence-electron chi connectivity index (χ2n) is 5.29. The van der Waals surface area contributed by atoms with Gasteiger partial charge in [0.15, 0.2) is 0 Å². The minimum absolute atomic E-state index is 0.424. The summed E-state index contributed by atoms with van der Waals surface area (Å²) >= 11 is 4.22. The van der Waals surface area contributed by atoms with Crippen LogP contribution in [0.2, 0.25) is 0 Å². The van der Waals surface area contributed by atoms with E-state index in [9.17, 15) is 0 Å². The van der Waals surface area contributed by atoms with Crippen molar-refractivity contribution in [3.8, 4) is 0 Å². The molecule has 0 N–H and O–H groups in total. The fourth-order valence-electron chi connectivity index (χ4n) is 2.11. The van der Waals surface area contributed by atoms with Crippen LogP contribution in [0.1, 0.15) is 64.2 Å². The Morgan fingerprint density at radius 1 is 0.833 bits per heavy atom. The molecular formula is C15H30O2S. The maximum Gasteiger partial charge on any atom is 0.104 e. The van der Waals surface area contributed by atoms with Crippen LogP contribution >= 0.6 is 12.6 Å². The van der Waals surface area contributed by atoms with Gasteiger partial charge >= 0.3 is 0 Å². The number of ether oxygens (including phenoxy) is 2. The summed E-state index contributed by atoms with van der Waals surface area (Å²) in [5, 5.41) is 0. The van der Waals surface area contributed by atoms with Crippen LogP contribution in [0.3, 0.4) is 0 Å². The average molecular weight is 274 g/mol. The maximum absolute atomic E-state index is 5.51. The van der Waals surface area contributed by atoms with Crippen LogP contribution in [0, 0.1) is 0 Å². The predicted octanol–water partition coefficient (Wildman–Crippen LogP) is 4.23. The zero-order valence-corrected chi connectivity index (χ0v) is 12.6. The number of rotatable bonds is 14. The molecule has 1 unspecified atom stereocenters. The van der Waals surface area contributed by atoms with Gasteiger partial charge in [-0.1, -0.05) is 51.4 Å². The van der Waals surface area contributed by atoms with Gasteiger partial charge in [0.25, 0.3) is 0 Å². The van der Waals surface area contributed by atoms with Gasteiger partial charge in [0.05, 0.1) is 13.2 Å². The third kappa shape index (κ3) is 11.4. The first-order valence-corrected chi connectivity index (χ1v) is 8.37. The second-order valence-corrected chi connectivity index (χ2v) is 5.74. The minimum atomic E-state index is 0.424. The molecular weight excluding hydrogens is 244 g/mol. The Morgan fingerprint density at radius 2 is 1.33 bits per heavy atom. The van der Waals surface area contributed by atoms with E-state index in [1.54, 1.807) is 0 Å². The first-order valence-electron chi connectivity index (χ1n) is 7.73. The molecule has 1 heterocycles. The van der Waals surface area contributed by atoms with E-state index >= 15 is 0 Å². The summed E-state index contributed by atoms with van der Waals surface area (Å²) in [6.07, 6.45) is 14.0. The molecule has 0 aliphatic carbocycles. The topological polar surface area (TPSA) is 21.8 Å². The zero-order chi connectivity index (χ0) is 12.9. The molecule has 108 valence electrons. The maximum atomic E-state index is 5.51. The van der Waals surface area contributed by atoms with Gasteiger partial charge < -0.3 is 9.47 Å². The molecule has 0 aromatic carbocycles. The van der Waals surface area contributed by atoms with Gasteiger partial charge in [0.1, 0.15) is 6.10 Å². The fourth-order valence-corrected chi connectivity index (χ4v) is 2.33. The van der Waals surface area contributed by atoms with Crippen LogP contribution in [-0.4, -0.2) is 31.7 Å². The molecule has 1 atom stereocenters. The lowest BCUT2D eigenvalue weighted by Gasteiger charge is -2.03. The summed E-state index contributed by atoms with van der Waals surface area (Å²) in [5.41, 5.74) is 0. The molecule has 0 saturated carbocycles. The Balaban J connectivity index is 1.60. The molecule has 1 saturated heterocycles. The normalized spacial score (nSPS) is 18.2. The van der Waals surface area contributed by atoms with Crippen molar-refractivity contribution in [2.75, 3.05) is 25.6 Å². The molecule has 0 bridgehead atoms. The highest BCUT2D eigenvalue weighted by molar-refractivity contribution is 7.80. The van der Waals surface area contributed by atoms with E-state index in [2.05, 4.69) is 12.6 Å². The molecule has 0 radical (unpaired) electrons. The Morgan fingerprint density at radius 3 is 1.83 bits per heavy atom. The van der Waals surface area contributed by atoms with E-state index in [-0.39, 0.29) is 0 Å². The Kier molecular flexibility index (Phi) is 11.2. The molecule has 1 fully saturated rings. The average Bonchev–Trinajstić information content (AvgIpc) is 3.19. The highest BCUT2D eigenvalue weighted by atomic mass is 32.1. The molecule has 18 heavy (non-hydrogen) atoms. The van der Waals surface area contributed by atoms with Gasteiger partial charge in [0, 0.05) is 6.61 Å². The van der Waals surface area contributed by atoms with Crippen molar-refractivity contribution in [2.45, 2.75) is 70.3 Å². The summed E-state index contributed by atoms with van der Waals surface area (Å²) in [4.78, 5) is 0. The minimum Gasteiger partial charge on any atom is -0.379 e. The standard InChI is InChI=1S/C15H30O2S/c18-12-10-8-6-4-2-1-3-5-7-9-11-16-13-15-14-17-15/h15,18H,1-14H2. The summed E-state index contributed by atoms with van der Waals surface area (Å²) in [7, 11) is 0. The molecule has 1 aliphatic heterocycles. The van der Waals surface area contributed by atoms with E-state index < -0.39 is 0 Å². The number of epoxide rings is 1. The van der Waals surface area contributed by atoms with Gasteiger partial charge in [0.2, 0.25) is 0 Å². The summed E-state index contributed by atoms with van der Waals surface area (Å²) in [6, 6.07) is 0. The fraction of sp³-hybridized carbons (Fsp3) is 1.00. The number of unbranched alkanes of at least 4 members (excludes halogenated alkanes) is 9. The van der Waals surface area contributed by atoms with Crippen molar-refractivity contribution in [3.63, 3.8) is 0 Å². The summed E-state index contributed by atoms with van der Waals surface area (Å²) in [5.74, 6) is 1.05. The van der Waals surface area contributed by atoms with E-state index in [0.29, 0.717) is 6.10 Å². The smallest absolute Gasteiger partial charge is 0.104 e. The second kappa shape index (κ2) is 12.3. The number of thiol groups is 1. The Bertz CT molecular complexity index is 172. The van der Waals surface area contributed by atoms with Gasteiger partial charge in [-0.25, -0.2) is 0 Å². The summed E-state index contributed by atoms with van der Waals surface area (Å²) < 4.78 is 10.6. The van der Waals surface area contributed by atoms with E-state index in [0.717, 1.165) is 25.6 Å². The quantitative estimate of drug-likeness (QED) is 0.291. The molecule has 0 amide bonds. The number of hydrogen-bond acceptors (Lipinski definition) is 3. The summed E-state index contributed by atoms with van der Waals surface area (Å²) in [6.45, 7) is 2.64. The zero-order valence-electron chi connectivity index (χ0n) is 11.7. The lowest BCUT2D eigenvalue weighted by molar-refractivity contribution is 0.113. The van der Waals surface area contributed by atoms with Crippen molar-refractivity contribution in [2.24, 2.45) is 0 Å². The Labute approximate surface area is 118 Å². The molecule has 3 heteroatoms. The molecule has 0 spiro atoms. The molecule has 0 aromatic heterocycles. The van der Waals surface area contributed by atoms with Crippen LogP contribution < -0.4 is 0 Å². The van der Waals surface area contributed by atoms with Crippen molar-refractivity contribution in [1.29, 1.82) is 0 Å². The lowest BCUT2D eigenvalue weighted by Crippen LogP contribution is -2.02. The highest BCUT2D eigenvalue weighted by Crippen LogP contribution is 2.12. The van der Waals surface area contributed by atoms with Crippen LogP contribution in [0.4, 0.5) is 0 Å². The van der Waals surface area contributed by atoms with Crippen molar-refractivity contribution in [3.05, 3.63) is 0 Å². The van der Waals surface area contributed by atoms with Crippen molar-refractivity contribution < 1.29 is 9.47 Å². The molecule has 1 rings (SSSR count).